The van der Waals surface area contributed by atoms with Crippen molar-refractivity contribution >= 4 is 5.82 Å². The van der Waals surface area contributed by atoms with Gasteiger partial charge in [-0.2, -0.15) is 0 Å². The third-order valence-corrected chi connectivity index (χ3v) is 4.91. The number of pyridine rings is 1. The van der Waals surface area contributed by atoms with Gasteiger partial charge in [0.1, 0.15) is 5.82 Å². The summed E-state index contributed by atoms with van der Waals surface area (Å²) in [5.41, 5.74) is 0.548. The zero-order valence-electron chi connectivity index (χ0n) is 12.8. The van der Waals surface area contributed by atoms with Gasteiger partial charge in [-0.3, -0.25) is 0 Å². The molecule has 0 amide bonds. The molecule has 1 saturated heterocycles. The fraction of sp³-hybridized carbons (Fsp3) is 0.706. The van der Waals surface area contributed by atoms with E-state index in [-0.39, 0.29) is 0 Å². The molecule has 0 radical (unpaired) electrons. The van der Waals surface area contributed by atoms with E-state index < -0.39 is 0 Å². The molecule has 1 aliphatic carbocycles. The van der Waals surface area contributed by atoms with E-state index in [0.717, 1.165) is 24.9 Å². The van der Waals surface area contributed by atoms with Crippen LogP contribution in [0.4, 0.5) is 5.82 Å². The minimum atomic E-state index is 0.548. The molecule has 3 rings (SSSR count). The van der Waals surface area contributed by atoms with Crippen molar-refractivity contribution in [2.45, 2.75) is 58.0 Å². The quantitative estimate of drug-likeness (QED) is 0.916. The van der Waals surface area contributed by atoms with Gasteiger partial charge in [-0.05, 0) is 49.7 Å². The Balaban J connectivity index is 1.47. The van der Waals surface area contributed by atoms with Gasteiger partial charge in [0, 0.05) is 31.4 Å². The minimum absolute atomic E-state index is 0.548. The van der Waals surface area contributed by atoms with Crippen LogP contribution in [0.1, 0.15) is 46.0 Å². The van der Waals surface area contributed by atoms with Gasteiger partial charge in [0.25, 0.3) is 0 Å². The van der Waals surface area contributed by atoms with Crippen LogP contribution in [-0.2, 0) is 0 Å². The number of piperidine rings is 1. The molecule has 0 spiro atoms. The minimum Gasteiger partial charge on any atom is -0.357 e. The van der Waals surface area contributed by atoms with E-state index in [1.54, 1.807) is 0 Å². The third-order valence-electron chi connectivity index (χ3n) is 4.91. The molecule has 1 unspecified atom stereocenters. The Kier molecular flexibility index (Phi) is 3.97. The van der Waals surface area contributed by atoms with Crippen molar-refractivity contribution in [3.8, 4) is 0 Å². The third kappa shape index (κ3) is 3.32. The molecule has 1 aliphatic heterocycles. The van der Waals surface area contributed by atoms with Crippen molar-refractivity contribution in [2.24, 2.45) is 5.41 Å². The van der Waals surface area contributed by atoms with E-state index in [2.05, 4.69) is 41.2 Å². The van der Waals surface area contributed by atoms with Gasteiger partial charge in [-0.15, -0.1) is 0 Å². The first-order valence-electron chi connectivity index (χ1n) is 8.04. The second kappa shape index (κ2) is 5.72. The summed E-state index contributed by atoms with van der Waals surface area (Å²) in [4.78, 5) is 6.87. The molecule has 1 atom stereocenters. The van der Waals surface area contributed by atoms with Gasteiger partial charge in [-0.1, -0.05) is 19.9 Å². The maximum Gasteiger partial charge on any atom is 0.128 e. The zero-order valence-corrected chi connectivity index (χ0v) is 12.8. The molecule has 1 saturated carbocycles. The number of nitrogens with one attached hydrogen (secondary N) is 1. The maximum absolute atomic E-state index is 4.46. The van der Waals surface area contributed by atoms with Gasteiger partial charge in [0.15, 0.2) is 0 Å². The highest BCUT2D eigenvalue weighted by molar-refractivity contribution is 5.38. The summed E-state index contributed by atoms with van der Waals surface area (Å²) in [6.07, 6.45) is 8.44. The fourth-order valence-corrected chi connectivity index (χ4v) is 3.73. The molecule has 110 valence electrons. The van der Waals surface area contributed by atoms with Crippen LogP contribution in [0.2, 0.25) is 0 Å². The zero-order chi connectivity index (χ0) is 14.0. The van der Waals surface area contributed by atoms with Gasteiger partial charge in [0.05, 0.1) is 0 Å². The predicted molar refractivity (Wildman–Crippen MR) is 84.0 cm³/mol. The van der Waals surface area contributed by atoms with E-state index >= 15 is 0 Å². The van der Waals surface area contributed by atoms with Crippen LogP contribution in [0.5, 0.6) is 0 Å². The van der Waals surface area contributed by atoms with Crippen LogP contribution in [0.3, 0.4) is 0 Å². The first-order valence-corrected chi connectivity index (χ1v) is 8.04. The molecule has 2 fully saturated rings. The van der Waals surface area contributed by atoms with Crippen LogP contribution >= 0.6 is 0 Å². The number of aromatic nitrogens is 1. The molecule has 1 aromatic heterocycles. The average molecular weight is 273 g/mol. The normalized spacial score (nSPS) is 26.9. The van der Waals surface area contributed by atoms with Gasteiger partial charge < -0.3 is 10.2 Å². The number of nitrogens with zero attached hydrogens (tertiary/aromatic N) is 2. The summed E-state index contributed by atoms with van der Waals surface area (Å²) in [6, 6.07) is 7.63. The first-order chi connectivity index (χ1) is 9.62. The Hall–Kier alpha value is -1.09. The summed E-state index contributed by atoms with van der Waals surface area (Å²) >= 11 is 0. The van der Waals surface area contributed by atoms with Crippen molar-refractivity contribution in [1.29, 1.82) is 0 Å². The summed E-state index contributed by atoms with van der Waals surface area (Å²) in [5.74, 6) is 1.13. The second-order valence-corrected chi connectivity index (χ2v) is 7.22. The molecular formula is C17H27N3. The highest BCUT2D eigenvalue weighted by Gasteiger charge is 2.32. The van der Waals surface area contributed by atoms with E-state index in [9.17, 15) is 0 Å². The summed E-state index contributed by atoms with van der Waals surface area (Å²) in [7, 11) is 0. The molecule has 1 aromatic rings. The lowest BCUT2D eigenvalue weighted by atomic mass is 9.91. The van der Waals surface area contributed by atoms with Crippen molar-refractivity contribution in [3.63, 3.8) is 0 Å². The topological polar surface area (TPSA) is 28.2 Å². The largest absolute Gasteiger partial charge is 0.357 e. The highest BCUT2D eigenvalue weighted by Crippen LogP contribution is 2.37. The van der Waals surface area contributed by atoms with E-state index in [0.29, 0.717) is 11.5 Å². The second-order valence-electron chi connectivity index (χ2n) is 7.22. The lowest BCUT2D eigenvalue weighted by Gasteiger charge is -2.34. The summed E-state index contributed by atoms with van der Waals surface area (Å²) in [6.45, 7) is 7.06. The lowest BCUT2D eigenvalue weighted by Crippen LogP contribution is -2.46. The fourth-order valence-electron chi connectivity index (χ4n) is 3.73. The van der Waals surface area contributed by atoms with Crippen LogP contribution in [0, 0.1) is 5.41 Å². The Bertz CT molecular complexity index is 421. The number of hydrogen-bond donors (Lipinski definition) is 1. The molecule has 2 heterocycles. The molecule has 20 heavy (non-hydrogen) atoms. The summed E-state index contributed by atoms with van der Waals surface area (Å²) < 4.78 is 0. The monoisotopic (exact) mass is 273 g/mol. The SMILES string of the molecule is CC1(C)CCC(NC2CCN(c3ccccn3)CC2)C1. The van der Waals surface area contributed by atoms with Crippen LogP contribution in [0.15, 0.2) is 24.4 Å². The number of hydrogen-bond acceptors (Lipinski definition) is 3. The standard InChI is InChI=1S/C17H27N3/c1-17(2)9-6-15(13-17)19-14-7-11-20(12-8-14)16-5-3-4-10-18-16/h3-5,10,14-15,19H,6-9,11-13H2,1-2H3. The molecule has 1 N–H and O–H groups in total. The number of rotatable bonds is 3. The smallest absolute Gasteiger partial charge is 0.128 e. The van der Waals surface area contributed by atoms with Crippen molar-refractivity contribution in [2.75, 3.05) is 18.0 Å². The Morgan fingerprint density at radius 1 is 1.15 bits per heavy atom. The van der Waals surface area contributed by atoms with E-state index in [1.165, 1.54) is 32.1 Å². The Morgan fingerprint density at radius 3 is 2.55 bits per heavy atom. The van der Waals surface area contributed by atoms with Crippen LogP contribution in [-0.4, -0.2) is 30.2 Å². The molecular weight excluding hydrogens is 246 g/mol. The maximum atomic E-state index is 4.46. The average Bonchev–Trinajstić information content (AvgIpc) is 2.80. The van der Waals surface area contributed by atoms with Crippen molar-refractivity contribution < 1.29 is 0 Å². The first kappa shape index (κ1) is 13.9. The van der Waals surface area contributed by atoms with Crippen LogP contribution in [0.25, 0.3) is 0 Å². The van der Waals surface area contributed by atoms with Gasteiger partial charge in [0.2, 0.25) is 0 Å². The lowest BCUT2D eigenvalue weighted by molar-refractivity contribution is 0.331. The Labute approximate surface area is 122 Å². The number of anilines is 1. The molecule has 3 nitrogen and oxygen atoms in total. The van der Waals surface area contributed by atoms with Crippen LogP contribution < -0.4 is 10.2 Å². The molecule has 2 aliphatic rings. The van der Waals surface area contributed by atoms with E-state index in [1.807, 2.05) is 12.3 Å². The molecule has 0 aromatic carbocycles. The van der Waals surface area contributed by atoms with Crippen molar-refractivity contribution in [3.05, 3.63) is 24.4 Å². The summed E-state index contributed by atoms with van der Waals surface area (Å²) in [5, 5.41) is 3.90. The van der Waals surface area contributed by atoms with Gasteiger partial charge in [-0.25, -0.2) is 4.98 Å². The highest BCUT2D eigenvalue weighted by atomic mass is 15.2. The van der Waals surface area contributed by atoms with E-state index in [4.69, 9.17) is 0 Å². The Morgan fingerprint density at radius 2 is 1.95 bits per heavy atom. The van der Waals surface area contributed by atoms with Crippen molar-refractivity contribution in [1.82, 2.24) is 10.3 Å². The van der Waals surface area contributed by atoms with Gasteiger partial charge >= 0.3 is 0 Å². The molecule has 3 heteroatoms. The predicted octanol–water partition coefficient (Wildman–Crippen LogP) is 3.22. The molecule has 0 bridgehead atoms.